The number of carboxylic acids is 1. The number of ether oxygens (including phenoxy) is 2. The van der Waals surface area contributed by atoms with Gasteiger partial charge in [0, 0.05) is 71.3 Å². The third-order valence-corrected chi connectivity index (χ3v) is 16.8. The van der Waals surface area contributed by atoms with Crippen LogP contribution in [0.4, 0.5) is 5.69 Å². The van der Waals surface area contributed by atoms with Gasteiger partial charge in [-0.3, -0.25) is 14.7 Å². The number of nitrogens with two attached hydrogens (primary N) is 2. The van der Waals surface area contributed by atoms with Crippen molar-refractivity contribution in [2.24, 2.45) is 34.2 Å². The molecule has 0 unspecified atom stereocenters. The fourth-order valence-electron chi connectivity index (χ4n) is 13.5. The Labute approximate surface area is 442 Å². The molecule has 9 rings (SSSR count). The zero-order valence-electron chi connectivity index (χ0n) is 42.4. The molecule has 3 aliphatic carbocycles. The summed E-state index contributed by atoms with van der Waals surface area (Å²) in [7, 11) is 0. The Kier molecular flexibility index (Phi) is 15.4. The van der Waals surface area contributed by atoms with Gasteiger partial charge in [-0.05, 0) is 111 Å². The van der Waals surface area contributed by atoms with Crippen LogP contribution in [0.2, 0.25) is 0 Å². The van der Waals surface area contributed by atoms with Crippen LogP contribution in [0.3, 0.4) is 0 Å². The number of carbonyl (C=O) groups excluding carboxylic acids is 1. The summed E-state index contributed by atoms with van der Waals surface area (Å²) < 4.78 is 11.0. The summed E-state index contributed by atoms with van der Waals surface area (Å²) in [5.41, 5.74) is 10.7. The molecule has 12 atom stereocenters. The molecule has 4 aromatic rings. The Bertz CT molecular complexity index is 2980. The Morgan fingerprint density at radius 1 is 0.987 bits per heavy atom. The second kappa shape index (κ2) is 21.6. The molecule has 414 valence electrons. The first-order chi connectivity index (χ1) is 36.8. The van der Waals surface area contributed by atoms with Gasteiger partial charge in [-0.1, -0.05) is 37.1 Å². The number of phenolic OH excluding ortho intramolecular Hbond substituents is 4. The molecule has 17 N–H and O–H groups in total. The molecule has 22 nitrogen and oxygen atoms in total. The van der Waals surface area contributed by atoms with Gasteiger partial charge in [0.1, 0.15) is 29.8 Å². The van der Waals surface area contributed by atoms with Gasteiger partial charge in [-0.2, -0.15) is 0 Å². The van der Waals surface area contributed by atoms with E-state index in [-0.39, 0.29) is 66.9 Å². The van der Waals surface area contributed by atoms with Crippen LogP contribution in [0.15, 0.2) is 71.5 Å². The first kappa shape index (κ1) is 55.0. The van der Waals surface area contributed by atoms with E-state index < -0.39 is 108 Å². The third kappa shape index (κ3) is 9.32. The predicted molar refractivity (Wildman–Crippen MR) is 277 cm³/mol. The van der Waals surface area contributed by atoms with Crippen LogP contribution < -0.4 is 21.1 Å². The topological polar surface area (TPSA) is 392 Å². The maximum Gasteiger partial charge on any atom is 0.355 e. The standard InChI is InChI=1S/C55H68N6O16/c1-2-34-35(60-26-59-34)21-30-20-27(11-17-37(30)65)12-18-41(67)61-36-22-39(76-55(75)50(72)49(71)47(69)40(25-63)77-55)46(68)48(70)42(36)45-44(29(23-53(45,61)51(73)74)14-16-33(64)9-5-19-58-52(56)57)54-31(7-4-8-32(54)24-62)15-13-28-6-3-10-38(66)43(28)54/h3,6,10-12,17-18,20,22-23,26,31-33,40,44-45,47,49-50,62-66,68-72,75H,2,4-5,7-9,13-16,19,21,24-25H2,1H3,(H,59,60)(H,73,74)(H4,56,57,58)/b18-12+/t31-,32+,33-,40-,44-,45+,47-,49+,50-,53-,54+,55+/m1/s1. The molecule has 0 bridgehead atoms. The first-order valence-electron chi connectivity index (χ1n) is 26.1. The van der Waals surface area contributed by atoms with Crippen LogP contribution in [0.1, 0.15) is 103 Å². The van der Waals surface area contributed by atoms with Crippen molar-refractivity contribution in [3.8, 4) is 28.7 Å². The Balaban J connectivity index is 1.26. The molecule has 3 heterocycles. The number of hydrogen-bond donors (Lipinski definition) is 15. The maximum absolute atomic E-state index is 15.6. The quantitative estimate of drug-likeness (QED) is 0.0129. The van der Waals surface area contributed by atoms with Crippen LogP contribution in [-0.2, 0) is 39.0 Å². The number of hydrogen-bond acceptors (Lipinski definition) is 17. The fraction of sp³-hybridized carbons (Fsp3) is 0.491. The number of anilines is 1. The number of aromatic nitrogens is 2. The van der Waals surface area contributed by atoms with Crippen molar-refractivity contribution in [2.75, 3.05) is 24.7 Å². The minimum Gasteiger partial charge on any atom is -0.508 e. The lowest BCUT2D eigenvalue weighted by Gasteiger charge is -2.58. The number of guanidine groups is 1. The summed E-state index contributed by atoms with van der Waals surface area (Å²) in [6, 6.07) is 10.7. The number of aromatic hydroxyl groups is 4. The van der Waals surface area contributed by atoms with Gasteiger partial charge in [-0.15, -0.1) is 0 Å². The predicted octanol–water partition coefficient (Wildman–Crippen LogP) is 1.89. The van der Waals surface area contributed by atoms with Crippen molar-refractivity contribution in [3.63, 3.8) is 0 Å². The van der Waals surface area contributed by atoms with E-state index in [0.717, 1.165) is 34.0 Å². The van der Waals surface area contributed by atoms with E-state index in [4.69, 9.17) is 20.9 Å². The number of H-pyrrole nitrogens is 1. The van der Waals surface area contributed by atoms with Gasteiger partial charge in [-0.25, -0.2) is 9.78 Å². The number of amides is 1. The first-order valence-corrected chi connectivity index (χ1v) is 26.1. The number of imidazole rings is 1. The molecule has 3 aromatic carbocycles. The number of benzene rings is 3. The second-order valence-electron chi connectivity index (χ2n) is 21.0. The number of rotatable bonds is 18. The van der Waals surface area contributed by atoms with Crippen LogP contribution >= 0.6 is 0 Å². The third-order valence-electron chi connectivity index (χ3n) is 16.8. The normalized spacial score (nSPS) is 29.8. The van der Waals surface area contributed by atoms with Gasteiger partial charge in [0.05, 0.1) is 30.4 Å². The monoisotopic (exact) mass is 1070 g/mol. The van der Waals surface area contributed by atoms with E-state index >= 15 is 4.79 Å². The average molecular weight is 1070 g/mol. The van der Waals surface area contributed by atoms with Crippen molar-refractivity contribution >= 4 is 29.6 Å². The highest BCUT2D eigenvalue weighted by Crippen LogP contribution is 2.72. The fourth-order valence-corrected chi connectivity index (χ4v) is 13.5. The molecule has 22 heteroatoms. The largest absolute Gasteiger partial charge is 0.508 e. The lowest BCUT2D eigenvalue weighted by Crippen LogP contribution is -2.67. The maximum atomic E-state index is 15.6. The molecule has 1 saturated heterocycles. The highest BCUT2D eigenvalue weighted by molar-refractivity contribution is 6.13. The molecule has 5 aliphatic rings. The zero-order chi connectivity index (χ0) is 55.3. The van der Waals surface area contributed by atoms with E-state index in [9.17, 15) is 66.1 Å². The van der Waals surface area contributed by atoms with Gasteiger partial charge < -0.3 is 87.2 Å². The van der Waals surface area contributed by atoms with Crippen LogP contribution in [-0.4, -0.2) is 151 Å². The molecular weight excluding hydrogens is 1000 g/mol. The van der Waals surface area contributed by atoms with Gasteiger partial charge in [0.15, 0.2) is 29.1 Å². The lowest BCUT2D eigenvalue weighted by molar-refractivity contribution is -0.422. The molecule has 0 spiro atoms. The molecule has 1 saturated carbocycles. The number of nitrogens with zero attached hydrogens (tertiary/aromatic N) is 3. The number of aryl methyl sites for hydroxylation is 2. The summed E-state index contributed by atoms with van der Waals surface area (Å²) in [5.74, 6) is -12.9. The zero-order valence-corrected chi connectivity index (χ0v) is 42.4. The number of aliphatic imine (C=N–C) groups is 1. The Hall–Kier alpha value is -6.76. The van der Waals surface area contributed by atoms with Crippen molar-refractivity contribution in [1.29, 1.82) is 0 Å². The number of aromatic amines is 1. The molecule has 0 radical (unpaired) electrons. The van der Waals surface area contributed by atoms with E-state index in [2.05, 4.69) is 15.0 Å². The lowest BCUT2D eigenvalue weighted by atomic mass is 9.45. The molecule has 2 aliphatic heterocycles. The van der Waals surface area contributed by atoms with Gasteiger partial charge in [0.2, 0.25) is 5.75 Å². The number of nitrogens with one attached hydrogen (secondary N) is 1. The smallest absolute Gasteiger partial charge is 0.355 e. The molecule has 1 aromatic heterocycles. The number of aliphatic hydroxyl groups excluding tert-OH is 6. The molecule has 1 amide bonds. The van der Waals surface area contributed by atoms with E-state index in [1.165, 1.54) is 30.4 Å². The Morgan fingerprint density at radius 2 is 1.77 bits per heavy atom. The number of carbonyl (C=O) groups is 2. The van der Waals surface area contributed by atoms with Crippen LogP contribution in [0.25, 0.3) is 6.08 Å². The van der Waals surface area contributed by atoms with Crippen LogP contribution in [0.5, 0.6) is 28.7 Å². The number of phenols is 4. The number of fused-ring (bicyclic) bond motifs is 6. The van der Waals surface area contributed by atoms with Gasteiger partial charge >= 0.3 is 11.9 Å². The number of aliphatic hydroxyl groups is 7. The second-order valence-corrected chi connectivity index (χ2v) is 21.0. The summed E-state index contributed by atoms with van der Waals surface area (Å²) in [4.78, 5) is 42.8. The molecule has 2 fully saturated rings. The van der Waals surface area contributed by atoms with E-state index in [0.29, 0.717) is 67.2 Å². The molecule has 77 heavy (non-hydrogen) atoms. The minimum atomic E-state index is -3.35. The SMILES string of the molecule is CCc1nc[nH]c1Cc1cc(/C=C/C(=O)N2c3cc(O[C@]4(O)O[C@H](CO)[C@@H](O)[C@H](O)[C@H]4O)c(O)c(O)c3[C@H]3[C@H]([C@@]45c6c(O)cccc6CC[C@H]4CCC[C@H]5CO)C(CC[C@H](O)CCCN=C(N)N)=C[C@]32C(=O)O)ccc1O. The van der Waals surface area contributed by atoms with Crippen molar-refractivity contribution in [3.05, 3.63) is 106 Å². The van der Waals surface area contributed by atoms with E-state index in [1.54, 1.807) is 18.5 Å². The summed E-state index contributed by atoms with van der Waals surface area (Å²) in [6.45, 7) is 0.752. The number of carboxylic acid groups (broad SMARTS) is 1. The van der Waals surface area contributed by atoms with Gasteiger partial charge in [0.25, 0.3) is 5.91 Å². The molecular formula is C55H68N6O16. The number of aliphatic carboxylic acids is 1. The highest BCUT2D eigenvalue weighted by atomic mass is 16.8. The Morgan fingerprint density at radius 3 is 2.48 bits per heavy atom. The van der Waals surface area contributed by atoms with Crippen LogP contribution in [0, 0.1) is 17.8 Å². The highest BCUT2D eigenvalue weighted by Gasteiger charge is 2.72. The average Bonchev–Trinajstić information content (AvgIpc) is 4.25. The van der Waals surface area contributed by atoms with E-state index in [1.807, 2.05) is 13.0 Å². The van der Waals surface area contributed by atoms with Crippen molar-refractivity contribution in [2.45, 2.75) is 131 Å². The summed E-state index contributed by atoms with van der Waals surface area (Å²) in [6.07, 6.45) is 0.493. The summed E-state index contributed by atoms with van der Waals surface area (Å²) >= 11 is 0. The van der Waals surface area contributed by atoms with Crippen molar-refractivity contribution < 1.29 is 80.3 Å². The van der Waals surface area contributed by atoms with Crippen molar-refractivity contribution in [1.82, 2.24) is 9.97 Å². The number of allylic oxidation sites excluding steroid dienone is 1. The summed E-state index contributed by atoms with van der Waals surface area (Å²) in [5, 5.41) is 137. The minimum absolute atomic E-state index is 0.0190.